The predicted octanol–water partition coefficient (Wildman–Crippen LogP) is 3.14. The van der Waals surface area contributed by atoms with Gasteiger partial charge in [0.25, 0.3) is 6.43 Å². The van der Waals surface area contributed by atoms with Crippen molar-refractivity contribution >= 4 is 23.1 Å². The first kappa shape index (κ1) is 15.1. The lowest BCUT2D eigenvalue weighted by Crippen LogP contribution is -2.35. The molecule has 1 atom stereocenters. The second-order valence-corrected chi connectivity index (χ2v) is 5.25. The van der Waals surface area contributed by atoms with Crippen LogP contribution in [0, 0.1) is 11.6 Å². The highest BCUT2D eigenvalue weighted by molar-refractivity contribution is 7.99. The zero-order valence-electron chi connectivity index (χ0n) is 11.2. The summed E-state index contributed by atoms with van der Waals surface area (Å²) >= 11 is 1.40. The maximum absolute atomic E-state index is 14.3. The van der Waals surface area contributed by atoms with Gasteiger partial charge in [0, 0.05) is 20.2 Å². The zero-order chi connectivity index (χ0) is 15.0. The quantitative estimate of drug-likeness (QED) is 0.794. The number of halogens is 4. The Morgan fingerprint density at radius 1 is 1.25 bits per heavy atom. The van der Waals surface area contributed by atoms with Crippen molar-refractivity contribution in [3.63, 3.8) is 0 Å². The van der Waals surface area contributed by atoms with Gasteiger partial charge in [0.1, 0.15) is 23.5 Å². The molecule has 1 heterocycles. The maximum Gasteiger partial charge on any atom is 0.272 e. The molecule has 112 valence electrons. The van der Waals surface area contributed by atoms with Gasteiger partial charge in [0.05, 0.1) is 0 Å². The van der Waals surface area contributed by atoms with Crippen LogP contribution in [0.3, 0.4) is 0 Å². The topological polar surface area (TPSA) is 15.7 Å². The number of benzene rings is 1. The van der Waals surface area contributed by atoms with Crippen molar-refractivity contribution in [1.29, 1.82) is 0 Å². The Hall–Kier alpha value is -1.31. The van der Waals surface area contributed by atoms with Crippen LogP contribution in [0.5, 0.6) is 5.75 Å². The minimum absolute atomic E-state index is 0.0242. The number of hydrogen-bond acceptors (Lipinski definition) is 4. The van der Waals surface area contributed by atoms with Gasteiger partial charge in [-0.1, -0.05) is 0 Å². The van der Waals surface area contributed by atoms with E-state index in [0.717, 1.165) is 6.07 Å². The highest BCUT2D eigenvalue weighted by atomic mass is 32.2. The van der Waals surface area contributed by atoms with E-state index >= 15 is 0 Å². The number of nitrogens with zero attached hydrogens (tertiary/aromatic N) is 2. The molecule has 1 aliphatic rings. The standard InChI is InChI=1S/C12H14F4N2OS/c1-17-10-6(13)4-7(19-5-8(14)15)9(16)11(10)18(2)12(17)20-3/h4,8,12H,5H2,1-3H3. The molecule has 3 nitrogen and oxygen atoms in total. The molecule has 0 spiro atoms. The van der Waals surface area contributed by atoms with Gasteiger partial charge in [-0.3, -0.25) is 0 Å². The van der Waals surface area contributed by atoms with E-state index in [1.807, 2.05) is 6.26 Å². The van der Waals surface area contributed by atoms with Crippen LogP contribution >= 0.6 is 11.8 Å². The van der Waals surface area contributed by atoms with E-state index < -0.39 is 30.4 Å². The van der Waals surface area contributed by atoms with Crippen molar-refractivity contribution in [1.82, 2.24) is 0 Å². The molecule has 0 radical (unpaired) electrons. The first-order valence-electron chi connectivity index (χ1n) is 5.79. The number of hydrogen-bond donors (Lipinski definition) is 0. The highest BCUT2D eigenvalue weighted by Crippen LogP contribution is 2.47. The normalized spacial score (nSPS) is 17.9. The van der Waals surface area contributed by atoms with Gasteiger partial charge >= 0.3 is 0 Å². The third-order valence-electron chi connectivity index (χ3n) is 3.08. The van der Waals surface area contributed by atoms with Crippen LogP contribution in [0.1, 0.15) is 0 Å². The molecule has 1 unspecified atom stereocenters. The summed E-state index contributed by atoms with van der Waals surface area (Å²) < 4.78 is 57.3. The predicted molar refractivity (Wildman–Crippen MR) is 72.0 cm³/mol. The summed E-state index contributed by atoms with van der Waals surface area (Å²) in [5, 5.41) is 0. The minimum atomic E-state index is -2.75. The van der Waals surface area contributed by atoms with Gasteiger partial charge in [-0.05, 0) is 6.26 Å². The Kier molecular flexibility index (Phi) is 4.22. The van der Waals surface area contributed by atoms with E-state index in [-0.39, 0.29) is 16.9 Å². The molecule has 1 aliphatic heterocycles. The Labute approximate surface area is 118 Å². The van der Waals surface area contributed by atoms with Crippen molar-refractivity contribution in [2.75, 3.05) is 36.8 Å². The first-order chi connectivity index (χ1) is 9.38. The number of alkyl halides is 2. The molecule has 0 bridgehead atoms. The molecule has 1 aromatic rings. The van der Waals surface area contributed by atoms with Gasteiger partial charge in [-0.15, -0.1) is 11.8 Å². The van der Waals surface area contributed by atoms with E-state index in [1.54, 1.807) is 23.9 Å². The molecule has 20 heavy (non-hydrogen) atoms. The Balaban J connectivity index is 2.45. The lowest BCUT2D eigenvalue weighted by atomic mass is 10.2. The second-order valence-electron chi connectivity index (χ2n) is 4.35. The molecule has 0 aromatic heterocycles. The maximum atomic E-state index is 14.3. The molecule has 1 aromatic carbocycles. The third-order valence-corrected chi connectivity index (χ3v) is 4.13. The minimum Gasteiger partial charge on any atom is -0.484 e. The summed E-state index contributed by atoms with van der Waals surface area (Å²) in [5.41, 5.74) is -0.135. The molecular weight excluding hydrogens is 296 g/mol. The van der Waals surface area contributed by atoms with Crippen molar-refractivity contribution in [2.45, 2.75) is 11.9 Å². The molecule has 2 rings (SSSR count). The summed E-state index contributed by atoms with van der Waals surface area (Å²) in [7, 11) is 3.26. The number of rotatable bonds is 4. The molecular formula is C12H14F4N2OS. The van der Waals surface area contributed by atoms with Crippen LogP contribution in [0.25, 0.3) is 0 Å². The van der Waals surface area contributed by atoms with Gasteiger partial charge in [0.2, 0.25) is 0 Å². The molecule has 8 heteroatoms. The van der Waals surface area contributed by atoms with Crippen molar-refractivity contribution in [3.8, 4) is 5.75 Å². The summed E-state index contributed by atoms with van der Waals surface area (Å²) in [6.07, 6.45) is -0.932. The van der Waals surface area contributed by atoms with Crippen LogP contribution in [-0.2, 0) is 0 Å². The average Bonchev–Trinajstić information content (AvgIpc) is 2.64. The molecule has 0 fully saturated rings. The van der Waals surface area contributed by atoms with E-state index in [0.29, 0.717) is 0 Å². The van der Waals surface area contributed by atoms with Gasteiger partial charge in [0.15, 0.2) is 17.4 Å². The van der Waals surface area contributed by atoms with Crippen molar-refractivity contribution in [3.05, 3.63) is 17.7 Å². The summed E-state index contributed by atoms with van der Waals surface area (Å²) in [4.78, 5) is 3.14. The molecule has 0 saturated carbocycles. The second kappa shape index (κ2) is 5.59. The van der Waals surface area contributed by atoms with E-state index in [4.69, 9.17) is 0 Å². The fourth-order valence-corrected chi connectivity index (χ4v) is 3.14. The van der Waals surface area contributed by atoms with Crippen LogP contribution in [0.4, 0.5) is 28.9 Å². The van der Waals surface area contributed by atoms with Crippen LogP contribution in [0.2, 0.25) is 0 Å². The van der Waals surface area contributed by atoms with Crippen LogP contribution in [-0.4, -0.2) is 38.9 Å². The largest absolute Gasteiger partial charge is 0.484 e. The third kappa shape index (κ3) is 2.36. The van der Waals surface area contributed by atoms with E-state index in [2.05, 4.69) is 4.74 Å². The highest BCUT2D eigenvalue weighted by Gasteiger charge is 2.37. The summed E-state index contributed by atoms with van der Waals surface area (Å²) in [6.45, 7) is -0.972. The van der Waals surface area contributed by atoms with Crippen molar-refractivity contribution in [2.24, 2.45) is 0 Å². The van der Waals surface area contributed by atoms with E-state index in [1.165, 1.54) is 11.8 Å². The summed E-state index contributed by atoms with van der Waals surface area (Å²) in [6, 6.07) is 0.809. The lowest BCUT2D eigenvalue weighted by Gasteiger charge is -2.25. The number of thioether (sulfide) groups is 1. The molecule has 0 N–H and O–H groups in total. The lowest BCUT2D eigenvalue weighted by molar-refractivity contribution is 0.0798. The number of ether oxygens (including phenoxy) is 1. The average molecular weight is 310 g/mol. The Morgan fingerprint density at radius 2 is 1.85 bits per heavy atom. The molecule has 0 amide bonds. The fourth-order valence-electron chi connectivity index (χ4n) is 2.29. The Bertz CT molecular complexity index is 515. The zero-order valence-corrected chi connectivity index (χ0v) is 12.0. The monoisotopic (exact) mass is 310 g/mol. The van der Waals surface area contributed by atoms with Crippen molar-refractivity contribution < 1.29 is 22.3 Å². The molecule has 0 aliphatic carbocycles. The van der Waals surface area contributed by atoms with Crippen LogP contribution in [0.15, 0.2) is 6.07 Å². The van der Waals surface area contributed by atoms with Crippen LogP contribution < -0.4 is 14.5 Å². The first-order valence-corrected chi connectivity index (χ1v) is 7.08. The van der Waals surface area contributed by atoms with E-state index in [9.17, 15) is 17.6 Å². The molecule has 0 saturated heterocycles. The SMILES string of the molecule is CSC1N(C)c2c(F)cc(OCC(F)F)c(F)c2N1C. The number of fused-ring (bicyclic) bond motifs is 1. The fraction of sp³-hybridized carbons (Fsp3) is 0.500. The van der Waals surface area contributed by atoms with Gasteiger partial charge in [-0.25, -0.2) is 17.6 Å². The van der Waals surface area contributed by atoms with Gasteiger partial charge < -0.3 is 14.5 Å². The van der Waals surface area contributed by atoms with Gasteiger partial charge in [-0.2, -0.15) is 0 Å². The smallest absolute Gasteiger partial charge is 0.272 e. The Morgan fingerprint density at radius 3 is 2.40 bits per heavy atom. The number of anilines is 2. The summed E-state index contributed by atoms with van der Waals surface area (Å²) in [5.74, 6) is -2.02.